The van der Waals surface area contributed by atoms with Gasteiger partial charge < -0.3 is 11.1 Å². The molecule has 1 saturated carbocycles. The third-order valence-corrected chi connectivity index (χ3v) is 4.80. The first-order valence-electron chi connectivity index (χ1n) is 8.28. The molecule has 1 fully saturated rings. The Labute approximate surface area is 162 Å². The van der Waals surface area contributed by atoms with Crippen molar-refractivity contribution in [1.82, 2.24) is 0 Å². The quantitative estimate of drug-likeness (QED) is 0.411. The maximum absolute atomic E-state index is 13.8. The van der Waals surface area contributed by atoms with Gasteiger partial charge in [-0.1, -0.05) is 12.1 Å². The van der Waals surface area contributed by atoms with E-state index in [0.717, 1.165) is 18.5 Å². The molecule has 132 valence electrons. The molecule has 0 heterocycles. The molecule has 2 atom stereocenters. The predicted octanol–water partition coefficient (Wildman–Crippen LogP) is 4.35. The number of nitrogens with one attached hydrogen (secondary N) is 1. The van der Waals surface area contributed by atoms with E-state index in [9.17, 15) is 8.78 Å². The number of hydrogen-bond acceptors (Lipinski definition) is 1. The number of aryl methyl sites for hydroxylation is 2. The summed E-state index contributed by atoms with van der Waals surface area (Å²) in [6, 6.07) is 9.98. The average molecular weight is 455 g/mol. The Bertz CT molecular complexity index is 802. The van der Waals surface area contributed by atoms with Gasteiger partial charge in [-0.15, -0.1) is 24.0 Å². The minimum absolute atomic E-state index is 0. The smallest absolute Gasteiger partial charge is 0.193 e. The van der Waals surface area contributed by atoms with Gasteiger partial charge in [0.05, 0.1) is 6.04 Å². The van der Waals surface area contributed by atoms with Crippen LogP contribution in [0, 0.1) is 11.6 Å². The highest BCUT2D eigenvalue weighted by atomic mass is 127. The lowest BCUT2D eigenvalue weighted by Gasteiger charge is -2.08. The maximum atomic E-state index is 13.8. The number of guanidine groups is 1. The van der Waals surface area contributed by atoms with E-state index in [4.69, 9.17) is 5.73 Å². The molecule has 3 nitrogen and oxygen atoms in total. The molecule has 0 amide bonds. The van der Waals surface area contributed by atoms with Gasteiger partial charge in [0.25, 0.3) is 0 Å². The number of halogens is 3. The van der Waals surface area contributed by atoms with Crippen molar-refractivity contribution in [3.05, 3.63) is 64.7 Å². The van der Waals surface area contributed by atoms with Gasteiger partial charge in [-0.05, 0) is 61.1 Å². The van der Waals surface area contributed by atoms with Crippen LogP contribution in [0.4, 0.5) is 14.5 Å². The number of anilines is 1. The zero-order valence-corrected chi connectivity index (χ0v) is 16.0. The van der Waals surface area contributed by atoms with Gasteiger partial charge in [-0.2, -0.15) is 0 Å². The fraction of sp³-hybridized carbons (Fsp3) is 0.316. The maximum Gasteiger partial charge on any atom is 0.193 e. The van der Waals surface area contributed by atoms with Crippen molar-refractivity contribution in [1.29, 1.82) is 0 Å². The summed E-state index contributed by atoms with van der Waals surface area (Å²) in [6.07, 6.45) is 4.04. The van der Waals surface area contributed by atoms with Crippen LogP contribution >= 0.6 is 24.0 Å². The van der Waals surface area contributed by atoms with E-state index in [1.165, 1.54) is 35.7 Å². The summed E-state index contributed by atoms with van der Waals surface area (Å²) < 4.78 is 27.6. The highest BCUT2D eigenvalue weighted by Gasteiger charge is 2.42. The van der Waals surface area contributed by atoms with Gasteiger partial charge in [-0.25, -0.2) is 13.8 Å². The van der Waals surface area contributed by atoms with E-state index in [-0.39, 0.29) is 47.5 Å². The zero-order chi connectivity index (χ0) is 16.7. The van der Waals surface area contributed by atoms with E-state index in [1.807, 2.05) is 6.07 Å². The molecule has 6 heteroatoms. The first kappa shape index (κ1) is 18.1. The van der Waals surface area contributed by atoms with Crippen LogP contribution in [0.3, 0.4) is 0 Å². The number of fused-ring (bicyclic) bond motifs is 1. The van der Waals surface area contributed by atoms with Crippen molar-refractivity contribution in [3.63, 3.8) is 0 Å². The van der Waals surface area contributed by atoms with E-state index in [2.05, 4.69) is 22.4 Å². The molecule has 0 spiro atoms. The zero-order valence-electron chi connectivity index (χ0n) is 13.6. The van der Waals surface area contributed by atoms with Gasteiger partial charge in [0.2, 0.25) is 0 Å². The van der Waals surface area contributed by atoms with Crippen LogP contribution in [0.25, 0.3) is 0 Å². The second-order valence-electron chi connectivity index (χ2n) is 6.52. The number of aliphatic imine (C=N–C) groups is 1. The SMILES string of the molecule is I.NC(=NC1CC1c1c(F)cccc1F)Nc1ccc2c(c1)CCC2. The second-order valence-corrected chi connectivity index (χ2v) is 6.52. The number of benzene rings is 2. The molecular formula is C19H20F2IN3. The summed E-state index contributed by atoms with van der Waals surface area (Å²) in [5.74, 6) is -0.963. The molecule has 4 rings (SSSR count). The molecule has 2 unspecified atom stereocenters. The third-order valence-electron chi connectivity index (χ3n) is 4.80. The van der Waals surface area contributed by atoms with Crippen LogP contribution in [0.2, 0.25) is 0 Å². The third kappa shape index (κ3) is 3.78. The Morgan fingerprint density at radius 1 is 1.08 bits per heavy atom. The summed E-state index contributed by atoms with van der Waals surface area (Å²) in [5, 5.41) is 3.08. The Kier molecular flexibility index (Phi) is 5.27. The van der Waals surface area contributed by atoms with Crippen LogP contribution in [0.5, 0.6) is 0 Å². The standard InChI is InChI=1S/C19H19F2N3.HI/c20-15-5-2-6-16(21)18(15)14-10-17(14)24-19(22)23-13-8-7-11-3-1-4-12(11)9-13;/h2,5-9,14,17H,1,3-4,10H2,(H3,22,23,24);1H. The summed E-state index contributed by atoms with van der Waals surface area (Å²) in [7, 11) is 0. The minimum atomic E-state index is -0.511. The lowest BCUT2D eigenvalue weighted by Crippen LogP contribution is -2.23. The van der Waals surface area contributed by atoms with Gasteiger partial charge in [-0.3, -0.25) is 0 Å². The van der Waals surface area contributed by atoms with Crippen LogP contribution in [-0.2, 0) is 12.8 Å². The Hall–Kier alpha value is -1.70. The monoisotopic (exact) mass is 455 g/mol. The summed E-state index contributed by atoms with van der Waals surface area (Å²) >= 11 is 0. The average Bonchev–Trinajstić information content (AvgIpc) is 3.10. The van der Waals surface area contributed by atoms with Crippen molar-refractivity contribution < 1.29 is 8.78 Å². The molecular weight excluding hydrogens is 435 g/mol. The molecule has 25 heavy (non-hydrogen) atoms. The van der Waals surface area contributed by atoms with Crippen LogP contribution in [-0.4, -0.2) is 12.0 Å². The highest BCUT2D eigenvalue weighted by Crippen LogP contribution is 2.45. The van der Waals surface area contributed by atoms with E-state index in [1.54, 1.807) is 0 Å². The summed E-state index contributed by atoms with van der Waals surface area (Å²) in [4.78, 5) is 4.37. The van der Waals surface area contributed by atoms with E-state index >= 15 is 0 Å². The lowest BCUT2D eigenvalue weighted by atomic mass is 10.1. The first-order chi connectivity index (χ1) is 11.6. The number of hydrogen-bond donors (Lipinski definition) is 2. The Morgan fingerprint density at radius 3 is 2.56 bits per heavy atom. The molecule has 2 aromatic rings. The lowest BCUT2D eigenvalue weighted by molar-refractivity contribution is 0.555. The molecule has 3 N–H and O–H groups in total. The van der Waals surface area contributed by atoms with Crippen molar-refractivity contribution >= 4 is 35.6 Å². The predicted molar refractivity (Wildman–Crippen MR) is 107 cm³/mol. The van der Waals surface area contributed by atoms with Crippen molar-refractivity contribution in [2.45, 2.75) is 37.6 Å². The fourth-order valence-electron chi connectivity index (χ4n) is 3.51. The van der Waals surface area contributed by atoms with Gasteiger partial charge in [0, 0.05) is 17.2 Å². The molecule has 0 aromatic heterocycles. The molecule has 0 saturated heterocycles. The van der Waals surface area contributed by atoms with Crippen molar-refractivity contribution in [2.75, 3.05) is 5.32 Å². The molecule has 2 aliphatic rings. The van der Waals surface area contributed by atoms with Gasteiger partial charge >= 0.3 is 0 Å². The van der Waals surface area contributed by atoms with Crippen molar-refractivity contribution in [3.8, 4) is 0 Å². The minimum Gasteiger partial charge on any atom is -0.370 e. The van der Waals surface area contributed by atoms with E-state index in [0.29, 0.717) is 6.42 Å². The van der Waals surface area contributed by atoms with Gasteiger partial charge in [0.15, 0.2) is 5.96 Å². The Balaban J connectivity index is 0.00000182. The topological polar surface area (TPSA) is 50.4 Å². The number of rotatable bonds is 3. The highest BCUT2D eigenvalue weighted by molar-refractivity contribution is 14.0. The largest absolute Gasteiger partial charge is 0.370 e. The van der Waals surface area contributed by atoms with Gasteiger partial charge in [0.1, 0.15) is 11.6 Å². The molecule has 0 bridgehead atoms. The van der Waals surface area contributed by atoms with Crippen LogP contribution in [0.15, 0.2) is 41.4 Å². The Morgan fingerprint density at radius 2 is 1.80 bits per heavy atom. The molecule has 0 radical (unpaired) electrons. The second kappa shape index (κ2) is 7.27. The molecule has 2 aliphatic carbocycles. The number of nitrogens with zero attached hydrogens (tertiary/aromatic N) is 1. The van der Waals surface area contributed by atoms with Crippen LogP contribution < -0.4 is 11.1 Å². The van der Waals surface area contributed by atoms with Crippen LogP contribution in [0.1, 0.15) is 35.4 Å². The fourth-order valence-corrected chi connectivity index (χ4v) is 3.51. The normalized spacial score (nSPS) is 21.4. The number of nitrogens with two attached hydrogens (primary N) is 1. The first-order valence-corrected chi connectivity index (χ1v) is 8.28. The van der Waals surface area contributed by atoms with Crippen molar-refractivity contribution in [2.24, 2.45) is 10.7 Å². The molecule has 0 aliphatic heterocycles. The summed E-state index contributed by atoms with van der Waals surface area (Å²) in [5.41, 5.74) is 9.74. The molecule has 2 aromatic carbocycles. The van der Waals surface area contributed by atoms with E-state index < -0.39 is 11.6 Å². The summed E-state index contributed by atoms with van der Waals surface area (Å²) in [6.45, 7) is 0.